The van der Waals surface area contributed by atoms with E-state index in [1.165, 1.54) is 96.3 Å². The summed E-state index contributed by atoms with van der Waals surface area (Å²) in [6.07, 6.45) is 27.3. The lowest BCUT2D eigenvalue weighted by Gasteiger charge is -2.36. The van der Waals surface area contributed by atoms with Crippen molar-refractivity contribution in [3.05, 3.63) is 0 Å². The van der Waals surface area contributed by atoms with Crippen LogP contribution in [0, 0.1) is 0 Å². The summed E-state index contributed by atoms with van der Waals surface area (Å²) in [4.78, 5) is 85.5. The van der Waals surface area contributed by atoms with Gasteiger partial charge >= 0.3 is 15.1 Å². The predicted molar refractivity (Wildman–Crippen MR) is 328 cm³/mol. The van der Waals surface area contributed by atoms with Gasteiger partial charge in [0.25, 0.3) is 17.9 Å². The number of unbranched alkanes of at least 4 members (excludes halogenated alkanes) is 27. The van der Waals surface area contributed by atoms with E-state index in [0.717, 1.165) is 77.0 Å². The van der Waals surface area contributed by atoms with Crippen LogP contribution in [0.5, 0.6) is 0 Å². The number of carbonyl (C=O) groups is 6. The first-order valence-corrected chi connectivity index (χ1v) is 34.6. The first kappa shape index (κ1) is 79.7. The first-order chi connectivity index (χ1) is 38.9. The number of ketones is 3. The van der Waals surface area contributed by atoms with Gasteiger partial charge in [0.15, 0.2) is 0 Å². The summed E-state index contributed by atoms with van der Waals surface area (Å²) >= 11 is -4.31. The molecule has 0 aromatic carbocycles. The van der Waals surface area contributed by atoms with E-state index in [-0.39, 0.29) is 19.3 Å². The van der Waals surface area contributed by atoms with Crippen LogP contribution in [0.1, 0.15) is 335 Å². The molecule has 15 nitrogen and oxygen atoms in total. The highest BCUT2D eigenvalue weighted by Gasteiger charge is 2.53. The fraction of sp³-hybridized carbons (Fsp3) is 0.909. The standard InChI is InChI=1S/3C22H42O5.Al/c3*1-6-7-8-9-10-11-12-13-14-15-16-22(26-18(2)3,27-19(4)5)20(23)17-21(24)25;/h3*18-19H,6-17H2,1-5H3,(H,24,25);/q;;;+3/p-3. The number of hydrogen-bond acceptors (Lipinski definition) is 15. The molecule has 0 radical (unpaired) electrons. The number of Topliss-reactive ketones (excluding diaryl/α,β-unsaturated/α-hetero) is 3. The van der Waals surface area contributed by atoms with E-state index >= 15 is 0 Å². The average molecular weight is 1180 g/mol. The molecule has 0 saturated heterocycles. The number of rotatable bonds is 57. The lowest BCUT2D eigenvalue weighted by molar-refractivity contribution is -0.258. The fourth-order valence-electron chi connectivity index (χ4n) is 10.4. The molecule has 0 atom stereocenters. The minimum atomic E-state index is -4.31. The first-order valence-electron chi connectivity index (χ1n) is 33.2. The second-order valence-electron chi connectivity index (χ2n) is 24.6. The highest BCUT2D eigenvalue weighted by atomic mass is 27.3. The highest BCUT2D eigenvalue weighted by molar-refractivity contribution is 6.44. The molecule has 0 unspecified atom stereocenters. The largest absolute Gasteiger partial charge is 1.20 e. The molecular weight excluding hydrogens is 1060 g/mol. The summed E-state index contributed by atoms with van der Waals surface area (Å²) in [5, 5.41) is 0. The van der Waals surface area contributed by atoms with Crippen molar-refractivity contribution in [2.75, 3.05) is 0 Å². The smallest absolute Gasteiger partial charge is 0.550 e. The summed E-state index contributed by atoms with van der Waals surface area (Å²) in [7, 11) is 0. The van der Waals surface area contributed by atoms with Crippen LogP contribution in [0.3, 0.4) is 0 Å². The van der Waals surface area contributed by atoms with Gasteiger partial charge in [-0.3, -0.25) is 28.8 Å². The van der Waals surface area contributed by atoms with Gasteiger partial charge < -0.3 is 39.8 Å². The van der Waals surface area contributed by atoms with Crippen molar-refractivity contribution in [2.24, 2.45) is 0 Å². The summed E-state index contributed by atoms with van der Waals surface area (Å²) in [6.45, 7) is 28.0. The van der Waals surface area contributed by atoms with Crippen LogP contribution in [-0.2, 0) is 68.6 Å². The van der Waals surface area contributed by atoms with Crippen LogP contribution in [-0.4, -0.2) is 104 Å². The van der Waals surface area contributed by atoms with E-state index in [0.29, 0.717) is 19.3 Å². The van der Waals surface area contributed by atoms with Gasteiger partial charge in [-0.15, -0.1) is 0 Å². The zero-order chi connectivity index (χ0) is 61.8. The molecule has 0 bridgehead atoms. The molecule has 480 valence electrons. The normalized spacial score (nSPS) is 12.4. The topological polar surface area (TPSA) is 185 Å². The Hall–Kier alpha value is -2.29. The second kappa shape index (κ2) is 47.8. The van der Waals surface area contributed by atoms with Gasteiger partial charge in [-0.1, -0.05) is 194 Å². The molecule has 0 aliphatic carbocycles. The molecule has 0 N–H and O–H groups in total. The fourth-order valence-corrected chi connectivity index (χ4v) is 11.4. The molecule has 0 amide bonds. The Morgan fingerprint density at radius 3 is 0.585 bits per heavy atom. The molecule has 0 aliphatic heterocycles. The SMILES string of the molecule is CCCCCCCCCCCCC(OC(C)C)(OC(C)C)C(=O)CC(=O)[O][Al]([O]C(=O)CC(=O)C(CCCCCCCCCCCC)(OC(C)C)OC(C)C)[O]C(=O)CC(=O)C(CCCCCCCCCCCC)(OC(C)C)OC(C)C. The average Bonchev–Trinajstić information content (AvgIpc) is 3.58. The molecule has 0 aromatic heterocycles. The molecule has 0 aromatic rings. The van der Waals surface area contributed by atoms with Gasteiger partial charge in [-0.25, -0.2) is 0 Å². The van der Waals surface area contributed by atoms with Crippen LogP contribution < -0.4 is 0 Å². The van der Waals surface area contributed by atoms with E-state index in [1.807, 2.05) is 0 Å². The maximum absolute atomic E-state index is 14.4. The van der Waals surface area contributed by atoms with Gasteiger partial charge in [0.2, 0.25) is 34.7 Å². The van der Waals surface area contributed by atoms with Crippen molar-refractivity contribution in [1.29, 1.82) is 0 Å². The van der Waals surface area contributed by atoms with E-state index in [2.05, 4.69) is 20.8 Å². The summed E-state index contributed by atoms with van der Waals surface area (Å²) in [5.41, 5.74) is 0. The lowest BCUT2D eigenvalue weighted by Crippen LogP contribution is -2.50. The Bertz CT molecular complexity index is 1460. The molecule has 0 rings (SSSR count). The van der Waals surface area contributed by atoms with Crippen LogP contribution in [0.4, 0.5) is 0 Å². The van der Waals surface area contributed by atoms with Crippen molar-refractivity contribution >= 4 is 50.4 Å². The molecule has 0 aliphatic rings. The Morgan fingerprint density at radius 1 is 0.268 bits per heavy atom. The summed E-state index contributed by atoms with van der Waals surface area (Å²) in [6, 6.07) is 0. The Labute approximate surface area is 505 Å². The third-order valence-corrected chi connectivity index (χ3v) is 15.4. The molecule has 0 fully saturated rings. The van der Waals surface area contributed by atoms with Gasteiger partial charge in [0.1, 0.15) is 19.3 Å². The number of carbonyl (C=O) groups excluding carboxylic acids is 6. The van der Waals surface area contributed by atoms with E-state index in [1.54, 1.807) is 83.1 Å². The minimum absolute atomic E-state index is 0.177. The van der Waals surface area contributed by atoms with Crippen molar-refractivity contribution in [2.45, 2.75) is 389 Å². The summed E-state index contributed by atoms with van der Waals surface area (Å²) in [5.74, 6) is -11.1. The van der Waals surface area contributed by atoms with Gasteiger partial charge in [-0.05, 0) is 102 Å². The minimum Gasteiger partial charge on any atom is -0.550 e. The Morgan fingerprint density at radius 2 is 0.427 bits per heavy atom. The van der Waals surface area contributed by atoms with E-state index in [4.69, 9.17) is 39.8 Å². The third-order valence-electron chi connectivity index (χ3n) is 14.0. The van der Waals surface area contributed by atoms with E-state index < -0.39 is 124 Å². The quantitative estimate of drug-likeness (QED) is 0.0242. The van der Waals surface area contributed by atoms with Crippen LogP contribution in [0.15, 0.2) is 0 Å². The lowest BCUT2D eigenvalue weighted by atomic mass is 9.98. The van der Waals surface area contributed by atoms with Crippen molar-refractivity contribution in [1.82, 2.24) is 0 Å². The molecule has 0 spiro atoms. The maximum atomic E-state index is 14.4. The zero-order valence-corrected chi connectivity index (χ0v) is 56.3. The molecule has 0 heterocycles. The molecular formula is C66H123AlO15. The van der Waals surface area contributed by atoms with Gasteiger partial charge in [0.05, 0.1) is 36.6 Å². The zero-order valence-electron chi connectivity index (χ0n) is 55.1. The Balaban J connectivity index is 6.85. The molecule has 0 saturated carbocycles. The van der Waals surface area contributed by atoms with Crippen molar-refractivity contribution in [3.63, 3.8) is 0 Å². The number of ether oxygens (including phenoxy) is 6. The van der Waals surface area contributed by atoms with Crippen LogP contribution >= 0.6 is 0 Å². The third kappa shape index (κ3) is 38.7. The predicted octanol–water partition coefficient (Wildman–Crippen LogP) is 17.1. The van der Waals surface area contributed by atoms with Crippen LogP contribution in [0.25, 0.3) is 0 Å². The van der Waals surface area contributed by atoms with E-state index in [9.17, 15) is 28.8 Å². The summed E-state index contributed by atoms with van der Waals surface area (Å²) < 4.78 is 54.6. The second-order valence-corrected chi connectivity index (χ2v) is 25.9. The molecule has 16 heteroatoms. The van der Waals surface area contributed by atoms with Crippen molar-refractivity contribution in [3.8, 4) is 0 Å². The van der Waals surface area contributed by atoms with Gasteiger partial charge in [-0.2, -0.15) is 0 Å². The highest BCUT2D eigenvalue weighted by Crippen LogP contribution is 2.32. The Kier molecular flexibility index (Phi) is 46.5. The number of hydrogen-bond donors (Lipinski definition) is 0. The van der Waals surface area contributed by atoms with Crippen molar-refractivity contribution < 1.29 is 68.6 Å². The van der Waals surface area contributed by atoms with Crippen LogP contribution in [0.2, 0.25) is 0 Å². The monoisotopic (exact) mass is 1180 g/mol. The maximum Gasteiger partial charge on any atom is 1.20 e. The molecule has 82 heavy (non-hydrogen) atoms. The van der Waals surface area contributed by atoms with Gasteiger partial charge in [0, 0.05) is 19.3 Å².